The van der Waals surface area contributed by atoms with Crippen LogP contribution in [0.1, 0.15) is 97.1 Å². The Bertz CT molecular complexity index is 2490. The Labute approximate surface area is 332 Å². The number of piperazine rings is 1. The Kier molecular flexibility index (Phi) is 10.3. The number of hydrogen-bond acceptors (Lipinski definition) is 9. The topological polar surface area (TPSA) is 178 Å². The van der Waals surface area contributed by atoms with Crippen molar-refractivity contribution in [2.45, 2.75) is 82.4 Å². The zero-order valence-corrected chi connectivity index (χ0v) is 32.2. The van der Waals surface area contributed by atoms with E-state index in [1.807, 2.05) is 32.8 Å². The van der Waals surface area contributed by atoms with E-state index in [-0.39, 0.29) is 48.6 Å². The third kappa shape index (κ3) is 7.67. The minimum absolute atomic E-state index is 0.0228. The monoisotopic (exact) mass is 791 g/mol. The lowest BCUT2D eigenvalue weighted by molar-refractivity contribution is -0.139. The minimum atomic E-state index is -1.29. The SMILES string of the molecule is CC(C)(O)c1cc2nn(C3CCC(N4CCN(CCc5cc(F)c([C@H]6CCC(=O)NC6=O)c(F)c5)CC4=O)CC3)cc2cc1NC(=O)c1ccc2cc(C#N)cnn12. The van der Waals surface area contributed by atoms with E-state index < -0.39 is 40.9 Å². The number of benzene rings is 2. The fraction of sp³-hybridized carbons (Fsp3) is 0.405. The number of piperidine rings is 1. The number of amides is 4. The first-order valence-electron chi connectivity index (χ1n) is 19.5. The van der Waals surface area contributed by atoms with Gasteiger partial charge in [-0.2, -0.15) is 15.5 Å². The van der Waals surface area contributed by atoms with Crippen molar-refractivity contribution in [2.75, 3.05) is 31.5 Å². The molecule has 1 saturated carbocycles. The average Bonchev–Trinajstić information content (AvgIpc) is 3.81. The number of aromatic nitrogens is 4. The number of nitrogens with one attached hydrogen (secondary N) is 2. The highest BCUT2D eigenvalue weighted by atomic mass is 19.1. The third-order valence-electron chi connectivity index (χ3n) is 11.7. The van der Waals surface area contributed by atoms with E-state index in [2.05, 4.69) is 15.7 Å². The largest absolute Gasteiger partial charge is 0.386 e. The van der Waals surface area contributed by atoms with Gasteiger partial charge in [0.1, 0.15) is 23.4 Å². The molecule has 3 aromatic heterocycles. The number of anilines is 1. The molecular weight excluding hydrogens is 749 g/mol. The molecule has 5 heterocycles. The van der Waals surface area contributed by atoms with Gasteiger partial charge in [-0.25, -0.2) is 13.3 Å². The molecule has 3 fully saturated rings. The molecule has 8 rings (SSSR count). The van der Waals surface area contributed by atoms with E-state index in [1.165, 1.54) is 22.8 Å². The number of fused-ring (bicyclic) bond motifs is 2. The van der Waals surface area contributed by atoms with Crippen molar-refractivity contribution in [1.29, 1.82) is 5.26 Å². The van der Waals surface area contributed by atoms with Crippen LogP contribution in [0.5, 0.6) is 0 Å². The third-order valence-corrected chi connectivity index (χ3v) is 11.7. The van der Waals surface area contributed by atoms with Crippen LogP contribution >= 0.6 is 0 Å². The van der Waals surface area contributed by atoms with Gasteiger partial charge >= 0.3 is 0 Å². The predicted octanol–water partition coefficient (Wildman–Crippen LogP) is 4.70. The van der Waals surface area contributed by atoms with Crippen LogP contribution in [0.15, 0.2) is 54.9 Å². The summed E-state index contributed by atoms with van der Waals surface area (Å²) >= 11 is 0. The average molecular weight is 792 g/mol. The van der Waals surface area contributed by atoms with Gasteiger partial charge in [-0.1, -0.05) is 0 Å². The van der Waals surface area contributed by atoms with Gasteiger partial charge < -0.3 is 15.3 Å². The standard InChI is InChI=1S/C42H43F2N9O5/c1-42(2,58)31-19-34-26(18-35(31)47-41(57)36-9-7-29-15-25(20-45)21-46-53(29)36)22-52(49-34)28-5-3-27(4-6-28)51-14-13-50(23-38(51)55)12-11-24-16-32(43)39(33(44)17-24)30-8-10-37(54)48-40(30)56/h7,9,15-19,21-22,27-28,30,58H,3-6,8,10-14,23H2,1-2H3,(H,47,57)(H,48,54,56)/t27?,28?,30-/m1/s1. The number of nitrogens with zero attached hydrogens (tertiary/aromatic N) is 7. The van der Waals surface area contributed by atoms with E-state index in [4.69, 9.17) is 5.10 Å². The molecule has 2 aromatic carbocycles. The molecule has 300 valence electrons. The molecule has 3 N–H and O–H groups in total. The highest BCUT2D eigenvalue weighted by molar-refractivity contribution is 6.05. The van der Waals surface area contributed by atoms with Crippen molar-refractivity contribution in [2.24, 2.45) is 0 Å². The quantitative estimate of drug-likeness (QED) is 0.179. The number of rotatable bonds is 9. The molecule has 1 aliphatic carbocycles. The second-order valence-corrected chi connectivity index (χ2v) is 16.0. The lowest BCUT2D eigenvalue weighted by Crippen LogP contribution is -2.54. The fourth-order valence-corrected chi connectivity index (χ4v) is 8.62. The molecule has 3 aliphatic rings. The zero-order valence-electron chi connectivity index (χ0n) is 32.2. The van der Waals surface area contributed by atoms with Crippen molar-refractivity contribution in [1.82, 2.24) is 34.5 Å². The smallest absolute Gasteiger partial charge is 0.274 e. The lowest BCUT2D eigenvalue weighted by atomic mass is 9.89. The fourth-order valence-electron chi connectivity index (χ4n) is 8.62. The molecule has 1 atom stereocenters. The number of carbonyl (C=O) groups excluding carboxylic acids is 4. The van der Waals surface area contributed by atoms with E-state index in [9.17, 15) is 29.5 Å². The summed E-state index contributed by atoms with van der Waals surface area (Å²) in [5, 5.41) is 35.3. The van der Waals surface area contributed by atoms with Crippen molar-refractivity contribution < 1.29 is 33.1 Å². The Morgan fingerprint density at radius 2 is 1.76 bits per heavy atom. The molecule has 0 unspecified atom stereocenters. The normalized spacial score (nSPS) is 20.7. The Morgan fingerprint density at radius 1 is 1.02 bits per heavy atom. The first kappa shape index (κ1) is 38.8. The van der Waals surface area contributed by atoms with Crippen LogP contribution in [0.4, 0.5) is 14.5 Å². The molecule has 2 saturated heterocycles. The second kappa shape index (κ2) is 15.4. The summed E-state index contributed by atoms with van der Waals surface area (Å²) in [5.74, 6) is -4.22. The molecular formula is C42H43F2N9O5. The molecule has 14 nitrogen and oxygen atoms in total. The van der Waals surface area contributed by atoms with Crippen molar-refractivity contribution in [3.05, 3.63) is 94.4 Å². The van der Waals surface area contributed by atoms with Gasteiger partial charge in [-0.3, -0.25) is 34.1 Å². The summed E-state index contributed by atoms with van der Waals surface area (Å²) in [6.45, 7) is 5.15. The van der Waals surface area contributed by atoms with Crippen LogP contribution < -0.4 is 10.6 Å². The van der Waals surface area contributed by atoms with Gasteiger partial charge in [0.05, 0.1) is 46.9 Å². The van der Waals surface area contributed by atoms with Crippen LogP contribution in [-0.2, 0) is 26.4 Å². The zero-order chi connectivity index (χ0) is 40.9. The molecule has 4 amide bonds. The first-order valence-corrected chi connectivity index (χ1v) is 19.5. The van der Waals surface area contributed by atoms with Gasteiger partial charge in [0.25, 0.3) is 5.91 Å². The second-order valence-electron chi connectivity index (χ2n) is 16.0. The highest BCUT2D eigenvalue weighted by Gasteiger charge is 2.35. The van der Waals surface area contributed by atoms with E-state index in [0.717, 1.165) is 31.1 Å². The number of carbonyl (C=O) groups is 4. The summed E-state index contributed by atoms with van der Waals surface area (Å²) in [6, 6.07) is 13.3. The Morgan fingerprint density at radius 3 is 2.45 bits per heavy atom. The van der Waals surface area contributed by atoms with Gasteiger partial charge in [0.2, 0.25) is 17.7 Å². The van der Waals surface area contributed by atoms with Gasteiger partial charge in [0, 0.05) is 60.5 Å². The Hall–Kier alpha value is -6.05. The van der Waals surface area contributed by atoms with Crippen LogP contribution in [-0.4, -0.2) is 90.2 Å². The van der Waals surface area contributed by atoms with Crippen LogP contribution in [0.3, 0.4) is 0 Å². The molecule has 0 radical (unpaired) electrons. The van der Waals surface area contributed by atoms with Crippen molar-refractivity contribution in [3.8, 4) is 6.07 Å². The lowest BCUT2D eigenvalue weighted by Gasteiger charge is -2.41. The van der Waals surface area contributed by atoms with Gasteiger partial charge in [-0.15, -0.1) is 0 Å². The highest BCUT2D eigenvalue weighted by Crippen LogP contribution is 2.36. The number of hydrogen-bond donors (Lipinski definition) is 3. The van der Waals surface area contributed by atoms with E-state index in [0.29, 0.717) is 59.5 Å². The number of halogens is 2. The molecule has 2 aliphatic heterocycles. The predicted molar refractivity (Wildman–Crippen MR) is 207 cm³/mol. The maximum absolute atomic E-state index is 15.0. The van der Waals surface area contributed by atoms with E-state index >= 15 is 8.78 Å². The minimum Gasteiger partial charge on any atom is -0.386 e. The molecule has 5 aromatic rings. The maximum atomic E-state index is 15.0. The van der Waals surface area contributed by atoms with Crippen LogP contribution in [0.25, 0.3) is 16.4 Å². The first-order chi connectivity index (χ1) is 27.7. The number of aliphatic hydroxyl groups is 1. The van der Waals surface area contributed by atoms with E-state index in [1.54, 1.807) is 38.1 Å². The maximum Gasteiger partial charge on any atom is 0.274 e. The van der Waals surface area contributed by atoms with Crippen LogP contribution in [0.2, 0.25) is 0 Å². The number of nitriles is 1. The van der Waals surface area contributed by atoms with Crippen LogP contribution in [0, 0.1) is 23.0 Å². The molecule has 0 bridgehead atoms. The summed E-state index contributed by atoms with van der Waals surface area (Å²) in [7, 11) is 0. The molecule has 0 spiro atoms. The summed E-state index contributed by atoms with van der Waals surface area (Å²) in [4.78, 5) is 54.5. The number of imide groups is 1. The Balaban J connectivity index is 0.874. The van der Waals surface area contributed by atoms with Crippen molar-refractivity contribution >= 4 is 45.7 Å². The summed E-state index contributed by atoms with van der Waals surface area (Å²) in [6.07, 6.45) is 6.98. The van der Waals surface area contributed by atoms with Crippen molar-refractivity contribution in [3.63, 3.8) is 0 Å². The summed E-state index contributed by atoms with van der Waals surface area (Å²) < 4.78 is 33.5. The van der Waals surface area contributed by atoms with Gasteiger partial charge in [-0.05, 0) is 100 Å². The van der Waals surface area contributed by atoms with Gasteiger partial charge in [0.15, 0.2) is 0 Å². The summed E-state index contributed by atoms with van der Waals surface area (Å²) in [5.41, 5.74) is 1.71. The molecule has 58 heavy (non-hydrogen) atoms. The molecule has 16 heteroatoms.